The zero-order valence-corrected chi connectivity index (χ0v) is 9.39. The van der Waals surface area contributed by atoms with E-state index in [2.05, 4.69) is 5.16 Å². The van der Waals surface area contributed by atoms with Crippen LogP contribution in [0.1, 0.15) is 6.92 Å². The molecular weight excluding hydrogens is 198 g/mol. The second-order valence-electron chi connectivity index (χ2n) is 3.44. The van der Waals surface area contributed by atoms with Gasteiger partial charge in [-0.05, 0) is 0 Å². The van der Waals surface area contributed by atoms with Gasteiger partial charge in [-0.1, -0.05) is 12.1 Å². The van der Waals surface area contributed by atoms with Crippen LogP contribution < -0.4 is 5.73 Å². The molecule has 0 radical (unpaired) electrons. The number of aliphatic hydroxyl groups excluding tert-OH is 1. The van der Waals surface area contributed by atoms with Gasteiger partial charge in [0.2, 0.25) is 0 Å². The van der Waals surface area contributed by atoms with Crippen LogP contribution in [-0.2, 0) is 4.74 Å². The molecule has 0 saturated heterocycles. The topological polar surface area (TPSA) is 91.3 Å². The monoisotopic (exact) mass is 219 g/mol. The van der Waals surface area contributed by atoms with E-state index < -0.39 is 0 Å². The van der Waals surface area contributed by atoms with Crippen LogP contribution in [0.3, 0.4) is 0 Å². The summed E-state index contributed by atoms with van der Waals surface area (Å²) in [6.45, 7) is 4.48. The lowest BCUT2D eigenvalue weighted by molar-refractivity contribution is 0.126. The predicted molar refractivity (Wildman–Crippen MR) is 58.0 cm³/mol. The molecule has 0 aromatic rings. The minimum Gasteiger partial charge on any atom is -0.409 e. The third kappa shape index (κ3) is 6.27. The van der Waals surface area contributed by atoms with Gasteiger partial charge in [0.25, 0.3) is 0 Å². The summed E-state index contributed by atoms with van der Waals surface area (Å²) in [4.78, 5) is 2.01. The zero-order chi connectivity index (χ0) is 11.7. The number of rotatable bonds is 8. The van der Waals surface area contributed by atoms with Crippen LogP contribution >= 0.6 is 0 Å². The van der Waals surface area contributed by atoms with Crippen molar-refractivity contribution >= 4 is 5.84 Å². The Hall–Kier alpha value is -0.850. The second-order valence-corrected chi connectivity index (χ2v) is 3.44. The number of nitrogens with zero attached hydrogens (tertiary/aromatic N) is 2. The highest BCUT2D eigenvalue weighted by Gasteiger charge is 2.13. The molecule has 0 aliphatic carbocycles. The first-order valence-electron chi connectivity index (χ1n) is 4.95. The molecule has 4 N–H and O–H groups in total. The second kappa shape index (κ2) is 8.46. The first-order chi connectivity index (χ1) is 7.15. The molecule has 6 nitrogen and oxygen atoms in total. The van der Waals surface area contributed by atoms with Crippen molar-refractivity contribution in [2.75, 3.05) is 40.0 Å². The molecule has 0 heterocycles. The number of aliphatic hydroxyl groups is 1. The first kappa shape index (κ1) is 14.2. The minimum absolute atomic E-state index is 0.0431. The van der Waals surface area contributed by atoms with E-state index >= 15 is 0 Å². The van der Waals surface area contributed by atoms with Crippen molar-refractivity contribution in [3.05, 3.63) is 0 Å². The van der Waals surface area contributed by atoms with Gasteiger partial charge in [0.05, 0.1) is 13.2 Å². The van der Waals surface area contributed by atoms with Crippen molar-refractivity contribution in [1.82, 2.24) is 4.90 Å². The Kier molecular flexibility index (Phi) is 7.98. The molecule has 0 aliphatic heterocycles. The van der Waals surface area contributed by atoms with E-state index in [0.29, 0.717) is 19.7 Å². The summed E-state index contributed by atoms with van der Waals surface area (Å²) in [5.74, 6) is 0.161. The fourth-order valence-corrected chi connectivity index (χ4v) is 1.24. The average Bonchev–Trinajstić information content (AvgIpc) is 2.24. The summed E-state index contributed by atoms with van der Waals surface area (Å²) < 4.78 is 4.95. The fraction of sp³-hybridized carbons (Fsp3) is 0.889. The van der Waals surface area contributed by atoms with Gasteiger partial charge in [-0.2, -0.15) is 0 Å². The predicted octanol–water partition coefficient (Wildman–Crippen LogP) is -0.690. The summed E-state index contributed by atoms with van der Waals surface area (Å²) >= 11 is 0. The molecule has 0 rings (SSSR count). The molecule has 6 heteroatoms. The summed E-state index contributed by atoms with van der Waals surface area (Å²) in [5.41, 5.74) is 5.47. The lowest BCUT2D eigenvalue weighted by Gasteiger charge is -2.23. The number of methoxy groups -OCH3 is 1. The molecule has 15 heavy (non-hydrogen) atoms. The zero-order valence-electron chi connectivity index (χ0n) is 9.39. The van der Waals surface area contributed by atoms with Gasteiger partial charge in [0, 0.05) is 32.7 Å². The van der Waals surface area contributed by atoms with Crippen LogP contribution in [-0.4, -0.2) is 61.0 Å². The number of ether oxygens (including phenoxy) is 1. The molecule has 1 unspecified atom stereocenters. The molecule has 0 spiro atoms. The highest BCUT2D eigenvalue weighted by molar-refractivity contribution is 5.82. The molecule has 1 atom stereocenters. The van der Waals surface area contributed by atoms with E-state index in [9.17, 15) is 0 Å². The Balaban J connectivity index is 4.02. The van der Waals surface area contributed by atoms with Gasteiger partial charge < -0.3 is 20.8 Å². The number of hydrogen-bond donors (Lipinski definition) is 3. The van der Waals surface area contributed by atoms with Crippen molar-refractivity contribution in [3.8, 4) is 0 Å². The third-order valence-corrected chi connectivity index (χ3v) is 2.18. The van der Waals surface area contributed by atoms with Gasteiger partial charge in [0.15, 0.2) is 0 Å². The molecule has 90 valence electrons. The maximum absolute atomic E-state index is 8.85. The van der Waals surface area contributed by atoms with Crippen molar-refractivity contribution in [2.45, 2.75) is 6.92 Å². The SMILES string of the molecule is COCCN(CCO)CC(C)C(N)=NO. The smallest absolute Gasteiger partial charge is 0.143 e. The van der Waals surface area contributed by atoms with Gasteiger partial charge in [0.1, 0.15) is 5.84 Å². The quantitative estimate of drug-likeness (QED) is 0.217. The maximum atomic E-state index is 8.85. The van der Waals surface area contributed by atoms with Gasteiger partial charge in [-0.15, -0.1) is 0 Å². The van der Waals surface area contributed by atoms with E-state index in [1.807, 2.05) is 11.8 Å². The van der Waals surface area contributed by atoms with Crippen LogP contribution in [0.5, 0.6) is 0 Å². The molecule has 0 bridgehead atoms. The Morgan fingerprint density at radius 2 is 2.20 bits per heavy atom. The Labute approximate surface area is 90.3 Å². The summed E-state index contributed by atoms with van der Waals surface area (Å²) in [6.07, 6.45) is 0. The Bertz CT molecular complexity index is 187. The van der Waals surface area contributed by atoms with E-state index in [4.69, 9.17) is 20.8 Å². The highest BCUT2D eigenvalue weighted by Crippen LogP contribution is 2.00. The van der Waals surface area contributed by atoms with E-state index in [1.54, 1.807) is 7.11 Å². The van der Waals surface area contributed by atoms with Crippen molar-refractivity contribution < 1.29 is 15.1 Å². The molecule has 0 amide bonds. The fourth-order valence-electron chi connectivity index (χ4n) is 1.24. The Morgan fingerprint density at radius 1 is 1.53 bits per heavy atom. The van der Waals surface area contributed by atoms with Gasteiger partial charge in [-0.3, -0.25) is 4.90 Å². The van der Waals surface area contributed by atoms with E-state index in [0.717, 1.165) is 6.54 Å². The lowest BCUT2D eigenvalue weighted by Crippen LogP contribution is -2.38. The average molecular weight is 219 g/mol. The molecule has 0 aromatic carbocycles. The van der Waals surface area contributed by atoms with Crippen LogP contribution in [0.25, 0.3) is 0 Å². The van der Waals surface area contributed by atoms with Crippen LogP contribution in [0.15, 0.2) is 5.16 Å². The summed E-state index contributed by atoms with van der Waals surface area (Å²) in [5, 5.41) is 20.3. The molecule has 0 aromatic heterocycles. The van der Waals surface area contributed by atoms with Crippen LogP contribution in [0.4, 0.5) is 0 Å². The van der Waals surface area contributed by atoms with Crippen molar-refractivity contribution in [3.63, 3.8) is 0 Å². The van der Waals surface area contributed by atoms with Crippen molar-refractivity contribution in [2.24, 2.45) is 16.8 Å². The minimum atomic E-state index is -0.0431. The van der Waals surface area contributed by atoms with Gasteiger partial charge >= 0.3 is 0 Å². The molecule has 0 fully saturated rings. The Morgan fingerprint density at radius 3 is 2.67 bits per heavy atom. The first-order valence-corrected chi connectivity index (χ1v) is 4.95. The number of oxime groups is 1. The largest absolute Gasteiger partial charge is 0.409 e. The molecule has 0 saturated carbocycles. The number of amidine groups is 1. The lowest BCUT2D eigenvalue weighted by atomic mass is 10.1. The van der Waals surface area contributed by atoms with Crippen LogP contribution in [0.2, 0.25) is 0 Å². The molecule has 0 aliphatic rings. The highest BCUT2D eigenvalue weighted by atomic mass is 16.5. The summed E-state index contributed by atoms with van der Waals surface area (Å²) in [6, 6.07) is 0. The van der Waals surface area contributed by atoms with Crippen molar-refractivity contribution in [1.29, 1.82) is 0 Å². The van der Waals surface area contributed by atoms with Gasteiger partial charge in [-0.25, -0.2) is 0 Å². The number of hydrogen-bond acceptors (Lipinski definition) is 5. The normalized spacial score (nSPS) is 14.5. The standard InChI is InChI=1S/C9H21N3O3/c1-8(9(10)11-14)7-12(3-5-13)4-6-15-2/h8,13-14H,3-7H2,1-2H3,(H2,10,11). The van der Waals surface area contributed by atoms with E-state index in [1.165, 1.54) is 0 Å². The maximum Gasteiger partial charge on any atom is 0.143 e. The molecular formula is C9H21N3O3. The van der Waals surface area contributed by atoms with E-state index in [-0.39, 0.29) is 18.4 Å². The number of nitrogens with two attached hydrogens (primary N) is 1. The summed E-state index contributed by atoms with van der Waals surface area (Å²) in [7, 11) is 1.63. The van der Waals surface area contributed by atoms with Crippen LogP contribution in [0, 0.1) is 5.92 Å². The third-order valence-electron chi connectivity index (χ3n) is 2.18.